The lowest BCUT2D eigenvalue weighted by molar-refractivity contribution is -0.148. The van der Waals surface area contributed by atoms with Gasteiger partial charge >= 0.3 is 5.97 Å². The van der Waals surface area contributed by atoms with Gasteiger partial charge in [-0.15, -0.1) is 0 Å². The molecule has 8 heteroatoms. The van der Waals surface area contributed by atoms with E-state index in [4.69, 9.17) is 16.6 Å². The number of carbonyl (C=O) groups is 2. The zero-order valence-electron chi connectivity index (χ0n) is 10.7. The highest BCUT2D eigenvalue weighted by Gasteiger charge is 2.36. The largest absolute Gasteiger partial charge is 0.480 e. The maximum atomic E-state index is 11.7. The van der Waals surface area contributed by atoms with Gasteiger partial charge in [0.25, 0.3) is 0 Å². The van der Waals surface area contributed by atoms with Gasteiger partial charge in [-0.3, -0.25) is 9.79 Å². The number of likely N-dealkylation sites (tertiary alicyclic amines) is 1. The third kappa shape index (κ3) is 4.40. The fraction of sp³-hybridized carbons (Fsp3) is 0.727. The zero-order valence-corrected chi connectivity index (χ0v) is 10.7. The van der Waals surface area contributed by atoms with Crippen LogP contribution in [0.1, 0.15) is 19.3 Å². The molecule has 1 saturated heterocycles. The minimum atomic E-state index is -1.04. The number of hydrogen-bond donors (Lipinski definition) is 4. The fourth-order valence-electron chi connectivity index (χ4n) is 2.14. The third-order valence-corrected chi connectivity index (χ3v) is 3.09. The first-order chi connectivity index (χ1) is 8.95. The van der Waals surface area contributed by atoms with E-state index in [0.717, 1.165) is 0 Å². The van der Waals surface area contributed by atoms with Crippen LogP contribution in [0.5, 0.6) is 0 Å². The highest BCUT2D eigenvalue weighted by atomic mass is 16.4. The summed E-state index contributed by atoms with van der Waals surface area (Å²) < 4.78 is 0. The van der Waals surface area contributed by atoms with Crippen molar-refractivity contribution in [2.24, 2.45) is 22.4 Å². The Morgan fingerprint density at radius 2 is 2.21 bits per heavy atom. The molecule has 0 aliphatic carbocycles. The van der Waals surface area contributed by atoms with Crippen LogP contribution in [0.2, 0.25) is 0 Å². The van der Waals surface area contributed by atoms with Crippen LogP contribution in [0.4, 0.5) is 0 Å². The van der Waals surface area contributed by atoms with E-state index in [2.05, 4.69) is 4.99 Å². The average molecular weight is 272 g/mol. The molecular formula is C11H20N4O4. The van der Waals surface area contributed by atoms with Crippen LogP contribution in [0.15, 0.2) is 4.99 Å². The van der Waals surface area contributed by atoms with Gasteiger partial charge in [0.2, 0.25) is 5.91 Å². The van der Waals surface area contributed by atoms with Crippen molar-refractivity contribution in [3.63, 3.8) is 0 Å². The Labute approximate surface area is 111 Å². The van der Waals surface area contributed by atoms with Gasteiger partial charge in [-0.05, 0) is 12.8 Å². The van der Waals surface area contributed by atoms with E-state index in [-0.39, 0.29) is 43.8 Å². The first-order valence-corrected chi connectivity index (χ1v) is 6.14. The molecule has 8 nitrogen and oxygen atoms in total. The molecule has 1 unspecified atom stereocenters. The molecule has 6 N–H and O–H groups in total. The molecular weight excluding hydrogens is 252 g/mol. The molecule has 1 fully saturated rings. The number of nitrogens with two attached hydrogens (primary N) is 2. The van der Waals surface area contributed by atoms with Crippen LogP contribution in [-0.2, 0) is 9.59 Å². The van der Waals surface area contributed by atoms with Crippen LogP contribution in [0.25, 0.3) is 0 Å². The van der Waals surface area contributed by atoms with E-state index >= 15 is 0 Å². The number of aliphatic imine (C=N–C) groups is 1. The summed E-state index contributed by atoms with van der Waals surface area (Å²) in [4.78, 5) is 28.0. The number of nitrogens with zero attached hydrogens (tertiary/aromatic N) is 2. The Balaban J connectivity index is 2.55. The number of carboxylic acid groups (broad SMARTS) is 1. The van der Waals surface area contributed by atoms with Gasteiger partial charge in [0, 0.05) is 32.0 Å². The second-order valence-corrected chi connectivity index (χ2v) is 4.60. The molecule has 1 aliphatic rings. The average Bonchev–Trinajstić information content (AvgIpc) is 2.69. The summed E-state index contributed by atoms with van der Waals surface area (Å²) in [6.45, 7) is 0.509. The summed E-state index contributed by atoms with van der Waals surface area (Å²) in [7, 11) is 0. The number of carbonyl (C=O) groups excluding carboxylic acids is 1. The number of hydrogen-bond acceptors (Lipinski definition) is 4. The van der Waals surface area contributed by atoms with Gasteiger partial charge in [0.1, 0.15) is 6.04 Å². The molecule has 1 rings (SSSR count). The van der Waals surface area contributed by atoms with Crippen LogP contribution in [0.3, 0.4) is 0 Å². The smallest absolute Gasteiger partial charge is 0.326 e. The molecule has 0 saturated carbocycles. The van der Waals surface area contributed by atoms with Crippen molar-refractivity contribution >= 4 is 17.8 Å². The maximum Gasteiger partial charge on any atom is 0.326 e. The van der Waals surface area contributed by atoms with Crippen molar-refractivity contribution in [3.8, 4) is 0 Å². The minimum Gasteiger partial charge on any atom is -0.480 e. The molecule has 2 atom stereocenters. The van der Waals surface area contributed by atoms with E-state index in [1.165, 1.54) is 4.90 Å². The van der Waals surface area contributed by atoms with Gasteiger partial charge < -0.3 is 26.6 Å². The van der Waals surface area contributed by atoms with Gasteiger partial charge in [-0.2, -0.15) is 0 Å². The number of carboxylic acids is 1. The second kappa shape index (κ2) is 6.93. The van der Waals surface area contributed by atoms with Crippen LogP contribution in [0, 0.1) is 5.92 Å². The Bertz CT molecular complexity index is 368. The summed E-state index contributed by atoms with van der Waals surface area (Å²) in [5.41, 5.74) is 10.3. The molecule has 1 amide bonds. The number of guanidine groups is 1. The Hall–Kier alpha value is -1.83. The van der Waals surface area contributed by atoms with Gasteiger partial charge in [0.15, 0.2) is 5.96 Å². The predicted octanol–water partition coefficient (Wildman–Crippen LogP) is -1.67. The summed E-state index contributed by atoms with van der Waals surface area (Å²) in [5.74, 6) is -1.48. The Morgan fingerprint density at radius 3 is 2.68 bits per heavy atom. The predicted molar refractivity (Wildman–Crippen MR) is 68.2 cm³/mol. The first kappa shape index (κ1) is 15.2. The number of aliphatic hydroxyl groups excluding tert-OH is 1. The molecule has 0 radical (unpaired) electrons. The Kier molecular flexibility index (Phi) is 5.56. The summed E-state index contributed by atoms with van der Waals surface area (Å²) in [5, 5.41) is 18.2. The van der Waals surface area contributed by atoms with Crippen LogP contribution in [-0.4, -0.2) is 58.7 Å². The molecule has 108 valence electrons. The van der Waals surface area contributed by atoms with E-state index in [1.807, 2.05) is 0 Å². The van der Waals surface area contributed by atoms with Crippen molar-refractivity contribution in [1.29, 1.82) is 0 Å². The molecule has 1 heterocycles. The highest BCUT2D eigenvalue weighted by molar-refractivity contribution is 5.85. The third-order valence-electron chi connectivity index (χ3n) is 3.09. The summed E-state index contributed by atoms with van der Waals surface area (Å²) in [6, 6.07) is -0.877. The van der Waals surface area contributed by atoms with E-state index in [0.29, 0.717) is 13.0 Å². The molecule has 19 heavy (non-hydrogen) atoms. The zero-order chi connectivity index (χ0) is 14.4. The van der Waals surface area contributed by atoms with E-state index in [9.17, 15) is 14.7 Å². The number of rotatable bonds is 7. The Morgan fingerprint density at radius 1 is 1.53 bits per heavy atom. The molecule has 0 aromatic rings. The lowest BCUT2D eigenvalue weighted by Gasteiger charge is -2.24. The van der Waals surface area contributed by atoms with Crippen LogP contribution < -0.4 is 11.5 Å². The summed E-state index contributed by atoms with van der Waals surface area (Å²) in [6.07, 6.45) is 0.965. The van der Waals surface area contributed by atoms with Gasteiger partial charge in [-0.25, -0.2) is 4.79 Å². The van der Waals surface area contributed by atoms with Crippen molar-refractivity contribution in [3.05, 3.63) is 0 Å². The van der Waals surface area contributed by atoms with Gasteiger partial charge in [-0.1, -0.05) is 0 Å². The van der Waals surface area contributed by atoms with E-state index < -0.39 is 12.0 Å². The standard InChI is InChI=1S/C11H20N4O4/c12-11(13)14-3-1-2-8(10(18)19)15-5-7(6-16)4-9(15)17/h7-8,16H,1-6H2,(H,18,19)(H4,12,13,14)/t7?,8-/m0/s1. The number of aliphatic carboxylic acids is 1. The first-order valence-electron chi connectivity index (χ1n) is 6.14. The monoisotopic (exact) mass is 272 g/mol. The normalized spacial score (nSPS) is 20.4. The quantitative estimate of drug-likeness (QED) is 0.248. The molecule has 0 aromatic heterocycles. The van der Waals surface area contributed by atoms with E-state index in [1.54, 1.807) is 0 Å². The molecule has 0 bridgehead atoms. The highest BCUT2D eigenvalue weighted by Crippen LogP contribution is 2.22. The van der Waals surface area contributed by atoms with Crippen LogP contribution >= 0.6 is 0 Å². The van der Waals surface area contributed by atoms with Gasteiger partial charge in [0.05, 0.1) is 0 Å². The molecule has 1 aliphatic heterocycles. The number of amides is 1. The SMILES string of the molecule is NC(N)=NCCC[C@@H](C(=O)O)N1CC(CO)CC1=O. The minimum absolute atomic E-state index is 0.0375. The molecule has 0 aromatic carbocycles. The maximum absolute atomic E-state index is 11.7. The van der Waals surface area contributed by atoms with Crippen molar-refractivity contribution in [1.82, 2.24) is 4.90 Å². The van der Waals surface area contributed by atoms with Crippen molar-refractivity contribution < 1.29 is 19.8 Å². The summed E-state index contributed by atoms with van der Waals surface area (Å²) >= 11 is 0. The lowest BCUT2D eigenvalue weighted by atomic mass is 10.1. The molecule has 0 spiro atoms. The topological polar surface area (TPSA) is 142 Å². The van der Waals surface area contributed by atoms with Crippen molar-refractivity contribution in [2.75, 3.05) is 19.7 Å². The lowest BCUT2D eigenvalue weighted by Crippen LogP contribution is -2.42. The second-order valence-electron chi connectivity index (χ2n) is 4.60. The fourth-order valence-corrected chi connectivity index (χ4v) is 2.14. The number of aliphatic hydroxyl groups is 1. The van der Waals surface area contributed by atoms with Crippen molar-refractivity contribution in [2.45, 2.75) is 25.3 Å².